The molecule has 0 aliphatic rings. The van der Waals surface area contributed by atoms with Crippen molar-refractivity contribution in [2.75, 3.05) is 11.9 Å². The van der Waals surface area contributed by atoms with Gasteiger partial charge in [0.15, 0.2) is 0 Å². The average Bonchev–Trinajstić information content (AvgIpc) is 2.85. The van der Waals surface area contributed by atoms with Gasteiger partial charge >= 0.3 is 29.6 Å². The Bertz CT molecular complexity index is 1690. The Morgan fingerprint density at radius 1 is 1.03 bits per heavy atom. The summed E-state index contributed by atoms with van der Waals surface area (Å²) in [6, 6.07) is 15.2. The van der Waals surface area contributed by atoms with Gasteiger partial charge in [-0.25, -0.2) is 0 Å². The van der Waals surface area contributed by atoms with Crippen molar-refractivity contribution in [2.45, 2.75) is 18.7 Å². The second-order valence-electron chi connectivity index (χ2n) is 8.10. The molecule has 0 heterocycles. The Morgan fingerprint density at radius 3 is 2.36 bits per heavy atom. The molecule has 39 heavy (non-hydrogen) atoms. The molecular formula is C26H20Cl2N3NaO6S. The van der Waals surface area contributed by atoms with E-state index in [-0.39, 0.29) is 51.5 Å². The summed E-state index contributed by atoms with van der Waals surface area (Å²) >= 11 is 12.4. The minimum Gasteiger partial charge on any atom is -0.870 e. The Balaban J connectivity index is 0.00000420. The van der Waals surface area contributed by atoms with E-state index < -0.39 is 26.7 Å². The van der Waals surface area contributed by atoms with E-state index in [1.165, 1.54) is 25.1 Å². The zero-order valence-corrected chi connectivity index (χ0v) is 25.4. The topological polar surface area (TPSA) is 140 Å². The monoisotopic (exact) mass is 595 g/mol. The number of aryl methyl sites for hydroxylation is 1. The zero-order valence-electron chi connectivity index (χ0n) is 21.0. The van der Waals surface area contributed by atoms with E-state index >= 15 is 0 Å². The van der Waals surface area contributed by atoms with E-state index in [4.69, 9.17) is 27.9 Å². The molecule has 0 saturated heterocycles. The molecule has 0 saturated carbocycles. The summed E-state index contributed by atoms with van der Waals surface area (Å²) in [7, 11) is -4.48. The molecule has 4 aromatic carbocycles. The predicted molar refractivity (Wildman–Crippen MR) is 144 cm³/mol. The summed E-state index contributed by atoms with van der Waals surface area (Å²) < 4.78 is 37.6. The van der Waals surface area contributed by atoms with Crippen LogP contribution in [-0.2, 0) is 10.1 Å². The van der Waals surface area contributed by atoms with E-state index in [2.05, 4.69) is 15.5 Å². The van der Waals surface area contributed by atoms with Gasteiger partial charge in [0, 0.05) is 16.6 Å². The van der Waals surface area contributed by atoms with Gasteiger partial charge < -0.3 is 15.2 Å². The number of fused-ring (bicyclic) bond motifs is 1. The van der Waals surface area contributed by atoms with Crippen molar-refractivity contribution in [3.8, 4) is 11.5 Å². The first-order valence-electron chi connectivity index (χ1n) is 11.2. The van der Waals surface area contributed by atoms with Crippen LogP contribution in [0.25, 0.3) is 10.8 Å². The molecule has 13 heteroatoms. The van der Waals surface area contributed by atoms with Gasteiger partial charge in [-0.15, -0.1) is 5.11 Å². The van der Waals surface area contributed by atoms with Crippen LogP contribution in [0.1, 0.15) is 22.8 Å². The van der Waals surface area contributed by atoms with E-state index in [9.17, 15) is 22.9 Å². The third-order valence-electron chi connectivity index (χ3n) is 5.49. The summed E-state index contributed by atoms with van der Waals surface area (Å²) in [5, 5.41) is 25.5. The molecule has 0 aliphatic carbocycles. The number of carbonyl (C=O) groups excluding carboxylic acids is 1. The van der Waals surface area contributed by atoms with Crippen molar-refractivity contribution in [1.82, 2.24) is 0 Å². The number of benzene rings is 4. The minimum absolute atomic E-state index is 0. The molecule has 1 amide bonds. The van der Waals surface area contributed by atoms with Gasteiger partial charge in [-0.3, -0.25) is 9.35 Å². The molecule has 0 atom stereocenters. The van der Waals surface area contributed by atoms with Crippen LogP contribution in [0.3, 0.4) is 0 Å². The third-order valence-corrected chi connectivity index (χ3v) is 6.90. The quantitative estimate of drug-likeness (QED) is 0.189. The number of nitrogens with one attached hydrogen (secondary N) is 1. The van der Waals surface area contributed by atoms with Crippen molar-refractivity contribution in [1.29, 1.82) is 0 Å². The standard InChI is InChI=1S/C26H21Cl2N3O6S.Na/c1-3-37-22-9-8-16(12-20(22)27)29-26(33)19-11-15-6-4-5-7-18(15)24(25(19)32)31-30-23-14(2)10-17(13-21(23)28)38(34,35)36;/h4-13,32H,3H2,1-2H3,(H,29,33)(H,34,35,36);/q;+1/p-1. The number of azo groups is 1. The van der Waals surface area contributed by atoms with Crippen LogP contribution in [0.4, 0.5) is 17.1 Å². The Morgan fingerprint density at radius 2 is 1.72 bits per heavy atom. The first-order chi connectivity index (χ1) is 18.0. The van der Waals surface area contributed by atoms with Crippen LogP contribution in [0, 0.1) is 6.92 Å². The summed E-state index contributed by atoms with van der Waals surface area (Å²) in [6.45, 7) is 3.77. The van der Waals surface area contributed by atoms with Crippen LogP contribution in [0.2, 0.25) is 10.0 Å². The van der Waals surface area contributed by atoms with Crippen LogP contribution >= 0.6 is 23.2 Å². The number of hydrogen-bond acceptors (Lipinski definition) is 7. The average molecular weight is 596 g/mol. The number of hydrogen-bond donors (Lipinski definition) is 2. The van der Waals surface area contributed by atoms with Gasteiger partial charge in [0.05, 0.1) is 27.2 Å². The zero-order chi connectivity index (χ0) is 27.6. The number of nitrogens with zero attached hydrogens (tertiary/aromatic N) is 2. The number of halogens is 2. The van der Waals surface area contributed by atoms with E-state index in [0.29, 0.717) is 39.4 Å². The summed E-state index contributed by atoms with van der Waals surface area (Å²) in [5.41, 5.74) is 0.480. The predicted octanol–water partition coefficient (Wildman–Crippen LogP) is 3.85. The molecule has 0 unspecified atom stereocenters. The summed E-state index contributed by atoms with van der Waals surface area (Å²) in [4.78, 5) is 12.7. The molecule has 0 aromatic heterocycles. The second-order valence-corrected chi connectivity index (χ2v) is 10.3. The fourth-order valence-corrected chi connectivity index (χ4v) is 4.90. The first kappa shape index (κ1) is 30.8. The van der Waals surface area contributed by atoms with Crippen LogP contribution in [0.15, 0.2) is 75.8 Å². The van der Waals surface area contributed by atoms with Gasteiger partial charge in [0.25, 0.3) is 16.0 Å². The molecule has 9 nitrogen and oxygen atoms in total. The van der Waals surface area contributed by atoms with Gasteiger partial charge in [0.2, 0.25) is 0 Å². The smallest absolute Gasteiger partial charge is 0.870 e. The maximum Gasteiger partial charge on any atom is 1.00 e. The second kappa shape index (κ2) is 12.6. The minimum atomic E-state index is -4.48. The fraction of sp³-hybridized carbons (Fsp3) is 0.115. The maximum absolute atomic E-state index is 13.4. The fourth-order valence-electron chi connectivity index (χ4n) is 3.71. The van der Waals surface area contributed by atoms with Crippen molar-refractivity contribution in [3.63, 3.8) is 0 Å². The van der Waals surface area contributed by atoms with Gasteiger partial charge in [-0.1, -0.05) is 53.2 Å². The van der Waals surface area contributed by atoms with E-state index in [1.54, 1.807) is 36.4 Å². The van der Waals surface area contributed by atoms with Gasteiger partial charge in [-0.2, -0.15) is 13.5 Å². The van der Waals surface area contributed by atoms with Gasteiger partial charge in [0.1, 0.15) is 11.4 Å². The largest absolute Gasteiger partial charge is 1.00 e. The summed E-state index contributed by atoms with van der Waals surface area (Å²) in [6.07, 6.45) is 0. The molecule has 4 aromatic rings. The molecule has 2 N–H and O–H groups in total. The van der Waals surface area contributed by atoms with Crippen LogP contribution < -0.4 is 44.7 Å². The Labute approximate surface area is 256 Å². The SMILES string of the molecule is CCOc1ccc(NC(=O)c2cc3ccccc3c(N=Nc3c(C)cc(S(=O)(=O)O)cc3Cl)c2[O-])cc1Cl.[Na+]. The van der Waals surface area contributed by atoms with Crippen molar-refractivity contribution in [3.05, 3.63) is 81.8 Å². The van der Waals surface area contributed by atoms with Crippen molar-refractivity contribution >= 4 is 67.1 Å². The maximum atomic E-state index is 13.4. The molecule has 0 fully saturated rings. The molecule has 4 rings (SSSR count). The molecule has 0 bridgehead atoms. The van der Waals surface area contributed by atoms with Crippen molar-refractivity contribution < 1.29 is 57.2 Å². The number of rotatable bonds is 7. The molecule has 0 radical (unpaired) electrons. The molecule has 196 valence electrons. The number of carbonyl (C=O) groups is 1. The van der Waals surface area contributed by atoms with Gasteiger partial charge in [-0.05, 0) is 61.2 Å². The molecule has 0 aliphatic heterocycles. The summed E-state index contributed by atoms with van der Waals surface area (Å²) in [5.74, 6) is -0.891. The van der Waals surface area contributed by atoms with E-state index in [0.717, 1.165) is 6.07 Å². The van der Waals surface area contributed by atoms with E-state index in [1.807, 2.05) is 6.92 Å². The Hall–Kier alpha value is -2.70. The van der Waals surface area contributed by atoms with Crippen LogP contribution in [-0.4, -0.2) is 25.5 Å². The molecular weight excluding hydrogens is 576 g/mol. The normalized spacial score (nSPS) is 11.4. The Kier molecular flexibility index (Phi) is 10.0. The first-order valence-corrected chi connectivity index (χ1v) is 13.3. The number of ether oxygens (including phenoxy) is 1. The molecule has 0 spiro atoms. The third kappa shape index (κ3) is 6.90. The number of amides is 1. The van der Waals surface area contributed by atoms with Crippen LogP contribution in [0.5, 0.6) is 11.5 Å². The number of anilines is 1. The van der Waals surface area contributed by atoms with Crippen molar-refractivity contribution in [2.24, 2.45) is 10.2 Å².